The minimum atomic E-state index is -0.388. The summed E-state index contributed by atoms with van der Waals surface area (Å²) >= 11 is 0. The highest BCUT2D eigenvalue weighted by Gasteiger charge is 2.13. The SMILES string of the molecule is CN(C)Cc1ccc(C(=O)NOC(C)(C)C)cc1. The van der Waals surface area contributed by atoms with Crippen LogP contribution in [0.4, 0.5) is 0 Å². The third-order valence-electron chi connectivity index (χ3n) is 2.16. The van der Waals surface area contributed by atoms with Gasteiger partial charge in [-0.25, -0.2) is 5.48 Å². The number of amides is 1. The number of carbonyl (C=O) groups is 1. The number of hydroxylamine groups is 1. The maximum atomic E-state index is 11.8. The Balaban J connectivity index is 2.59. The maximum absolute atomic E-state index is 11.8. The summed E-state index contributed by atoms with van der Waals surface area (Å²) in [7, 11) is 4.02. The van der Waals surface area contributed by atoms with E-state index in [1.807, 2.05) is 47.0 Å². The van der Waals surface area contributed by atoms with Gasteiger partial charge in [0.05, 0.1) is 5.60 Å². The zero-order valence-corrected chi connectivity index (χ0v) is 11.8. The number of carbonyl (C=O) groups excluding carboxylic acids is 1. The number of nitrogens with zero attached hydrogens (tertiary/aromatic N) is 1. The van der Waals surface area contributed by atoms with Gasteiger partial charge in [0.25, 0.3) is 5.91 Å². The Kier molecular flexibility index (Phi) is 4.87. The molecule has 100 valence electrons. The highest BCUT2D eigenvalue weighted by Crippen LogP contribution is 2.08. The molecule has 0 saturated carbocycles. The minimum absolute atomic E-state index is 0.221. The molecule has 1 amide bonds. The fourth-order valence-electron chi connectivity index (χ4n) is 1.39. The zero-order chi connectivity index (χ0) is 13.8. The lowest BCUT2D eigenvalue weighted by Gasteiger charge is -2.19. The van der Waals surface area contributed by atoms with Crippen molar-refractivity contribution in [2.75, 3.05) is 14.1 Å². The highest BCUT2D eigenvalue weighted by atomic mass is 16.7. The Morgan fingerprint density at radius 2 is 1.78 bits per heavy atom. The summed E-state index contributed by atoms with van der Waals surface area (Å²) in [6, 6.07) is 7.51. The van der Waals surface area contributed by atoms with Crippen molar-refractivity contribution in [3.8, 4) is 0 Å². The lowest BCUT2D eigenvalue weighted by atomic mass is 10.1. The van der Waals surface area contributed by atoms with Gasteiger partial charge in [0.1, 0.15) is 0 Å². The first-order chi connectivity index (χ1) is 8.28. The number of rotatable bonds is 4. The Morgan fingerprint density at radius 3 is 2.22 bits per heavy atom. The number of benzene rings is 1. The molecule has 0 aliphatic rings. The van der Waals surface area contributed by atoms with Gasteiger partial charge < -0.3 is 4.90 Å². The van der Waals surface area contributed by atoms with Crippen molar-refractivity contribution >= 4 is 5.91 Å². The van der Waals surface area contributed by atoms with E-state index in [1.54, 1.807) is 12.1 Å². The summed E-state index contributed by atoms with van der Waals surface area (Å²) in [6.45, 7) is 6.51. The van der Waals surface area contributed by atoms with Gasteiger partial charge in [0, 0.05) is 12.1 Å². The van der Waals surface area contributed by atoms with Crippen molar-refractivity contribution < 1.29 is 9.63 Å². The first kappa shape index (κ1) is 14.7. The van der Waals surface area contributed by atoms with Crippen LogP contribution in [0.3, 0.4) is 0 Å². The topological polar surface area (TPSA) is 41.6 Å². The molecular formula is C14H22N2O2. The second kappa shape index (κ2) is 5.98. The van der Waals surface area contributed by atoms with E-state index in [0.29, 0.717) is 5.56 Å². The predicted molar refractivity (Wildman–Crippen MR) is 72.1 cm³/mol. The van der Waals surface area contributed by atoms with Crippen LogP contribution in [-0.4, -0.2) is 30.5 Å². The van der Waals surface area contributed by atoms with Crippen LogP contribution in [-0.2, 0) is 11.4 Å². The molecule has 1 N–H and O–H groups in total. The van der Waals surface area contributed by atoms with Gasteiger partial charge in [-0.1, -0.05) is 12.1 Å². The largest absolute Gasteiger partial charge is 0.305 e. The van der Waals surface area contributed by atoms with Crippen molar-refractivity contribution in [1.29, 1.82) is 0 Å². The summed E-state index contributed by atoms with van der Waals surface area (Å²) in [5, 5.41) is 0. The van der Waals surface area contributed by atoms with Gasteiger partial charge >= 0.3 is 0 Å². The predicted octanol–water partition coefficient (Wildman–Crippen LogP) is 2.21. The Hall–Kier alpha value is -1.39. The Labute approximate surface area is 109 Å². The minimum Gasteiger partial charge on any atom is -0.305 e. The van der Waals surface area contributed by atoms with Gasteiger partial charge in [-0.3, -0.25) is 9.63 Å². The van der Waals surface area contributed by atoms with Crippen LogP contribution in [0.2, 0.25) is 0 Å². The number of hydrogen-bond donors (Lipinski definition) is 1. The molecule has 0 radical (unpaired) electrons. The van der Waals surface area contributed by atoms with Gasteiger partial charge in [-0.05, 0) is 52.6 Å². The molecule has 0 bridgehead atoms. The van der Waals surface area contributed by atoms with Crippen LogP contribution in [0.15, 0.2) is 24.3 Å². The molecule has 1 aromatic rings. The van der Waals surface area contributed by atoms with Crippen LogP contribution in [0, 0.1) is 0 Å². The molecule has 1 aromatic carbocycles. The number of nitrogens with one attached hydrogen (secondary N) is 1. The van der Waals surface area contributed by atoms with Gasteiger partial charge in [-0.2, -0.15) is 0 Å². The average Bonchev–Trinajstić information content (AvgIpc) is 2.25. The lowest BCUT2D eigenvalue weighted by Crippen LogP contribution is -2.33. The second-order valence-electron chi connectivity index (χ2n) is 5.58. The van der Waals surface area contributed by atoms with Crippen molar-refractivity contribution in [2.24, 2.45) is 0 Å². The average molecular weight is 250 g/mol. The maximum Gasteiger partial charge on any atom is 0.274 e. The molecule has 0 unspecified atom stereocenters. The third-order valence-corrected chi connectivity index (χ3v) is 2.16. The van der Waals surface area contributed by atoms with Crippen molar-refractivity contribution in [2.45, 2.75) is 32.9 Å². The molecule has 0 atom stereocenters. The van der Waals surface area contributed by atoms with E-state index in [4.69, 9.17) is 4.84 Å². The second-order valence-corrected chi connectivity index (χ2v) is 5.58. The van der Waals surface area contributed by atoms with Crippen LogP contribution < -0.4 is 5.48 Å². The summed E-state index contributed by atoms with van der Waals surface area (Å²) in [4.78, 5) is 19.1. The van der Waals surface area contributed by atoms with E-state index in [1.165, 1.54) is 5.56 Å². The quantitative estimate of drug-likeness (QED) is 0.833. The first-order valence-electron chi connectivity index (χ1n) is 6.00. The number of hydrogen-bond acceptors (Lipinski definition) is 3. The fraction of sp³-hybridized carbons (Fsp3) is 0.500. The molecule has 18 heavy (non-hydrogen) atoms. The van der Waals surface area contributed by atoms with E-state index in [9.17, 15) is 4.79 Å². The lowest BCUT2D eigenvalue weighted by molar-refractivity contribution is -0.0589. The van der Waals surface area contributed by atoms with Crippen LogP contribution in [0.1, 0.15) is 36.7 Å². The summed E-state index contributed by atoms with van der Waals surface area (Å²) in [5.41, 5.74) is 3.83. The van der Waals surface area contributed by atoms with Crippen LogP contribution in [0.25, 0.3) is 0 Å². The van der Waals surface area contributed by atoms with Crippen molar-refractivity contribution in [1.82, 2.24) is 10.4 Å². The summed E-state index contributed by atoms with van der Waals surface area (Å²) in [6.07, 6.45) is 0. The van der Waals surface area contributed by atoms with E-state index in [-0.39, 0.29) is 11.5 Å². The molecule has 0 heterocycles. The van der Waals surface area contributed by atoms with Crippen LogP contribution >= 0.6 is 0 Å². The van der Waals surface area contributed by atoms with Gasteiger partial charge in [0.15, 0.2) is 0 Å². The van der Waals surface area contributed by atoms with Gasteiger partial charge in [0.2, 0.25) is 0 Å². The third kappa shape index (κ3) is 5.29. The molecule has 1 rings (SSSR count). The fourth-order valence-corrected chi connectivity index (χ4v) is 1.39. The smallest absolute Gasteiger partial charge is 0.274 e. The molecule has 0 aliphatic carbocycles. The highest BCUT2D eigenvalue weighted by molar-refractivity contribution is 5.93. The molecule has 0 saturated heterocycles. The van der Waals surface area contributed by atoms with E-state index < -0.39 is 0 Å². The monoisotopic (exact) mass is 250 g/mol. The van der Waals surface area contributed by atoms with E-state index in [0.717, 1.165) is 6.54 Å². The Morgan fingerprint density at radius 1 is 1.22 bits per heavy atom. The standard InChI is InChI=1S/C14H22N2O2/c1-14(2,3)18-15-13(17)12-8-6-11(7-9-12)10-16(4)5/h6-9H,10H2,1-5H3,(H,15,17). The van der Waals surface area contributed by atoms with Crippen molar-refractivity contribution in [3.63, 3.8) is 0 Å². The van der Waals surface area contributed by atoms with Crippen molar-refractivity contribution in [3.05, 3.63) is 35.4 Å². The van der Waals surface area contributed by atoms with E-state index >= 15 is 0 Å². The van der Waals surface area contributed by atoms with Gasteiger partial charge in [-0.15, -0.1) is 0 Å². The molecule has 4 nitrogen and oxygen atoms in total. The molecule has 0 aromatic heterocycles. The zero-order valence-electron chi connectivity index (χ0n) is 11.8. The molecule has 0 fully saturated rings. The summed E-state index contributed by atoms with van der Waals surface area (Å²) < 4.78 is 0. The molecule has 0 spiro atoms. The molecule has 4 heteroatoms. The Bertz CT molecular complexity index is 391. The summed E-state index contributed by atoms with van der Waals surface area (Å²) in [5.74, 6) is -0.221. The van der Waals surface area contributed by atoms with Crippen LogP contribution in [0.5, 0.6) is 0 Å². The first-order valence-corrected chi connectivity index (χ1v) is 6.00. The normalized spacial score (nSPS) is 11.7. The molecule has 0 aliphatic heterocycles. The molecular weight excluding hydrogens is 228 g/mol. The van der Waals surface area contributed by atoms with E-state index in [2.05, 4.69) is 10.4 Å².